The first-order chi connectivity index (χ1) is 9.19. The zero-order valence-electron chi connectivity index (χ0n) is 10.5. The minimum atomic E-state index is -0.852. The molecule has 0 aliphatic rings. The van der Waals surface area contributed by atoms with Crippen molar-refractivity contribution in [3.8, 4) is 0 Å². The Labute approximate surface area is 109 Å². The van der Waals surface area contributed by atoms with E-state index >= 15 is 0 Å². The summed E-state index contributed by atoms with van der Waals surface area (Å²) in [4.78, 5) is 8.25. The number of rotatable bonds is 5. The molecule has 19 heavy (non-hydrogen) atoms. The van der Waals surface area contributed by atoms with E-state index in [0.29, 0.717) is 23.9 Å². The molecule has 6 heteroatoms. The lowest BCUT2D eigenvalue weighted by molar-refractivity contribution is 0.507. The lowest BCUT2D eigenvalue weighted by Gasteiger charge is -2.07. The number of halogens is 2. The summed E-state index contributed by atoms with van der Waals surface area (Å²) in [5, 5.41) is 6.02. The molecule has 2 aromatic rings. The largest absolute Gasteiger partial charge is 0.366 e. The van der Waals surface area contributed by atoms with E-state index in [-0.39, 0.29) is 0 Å². The van der Waals surface area contributed by atoms with E-state index in [0.717, 1.165) is 18.7 Å². The van der Waals surface area contributed by atoms with Gasteiger partial charge in [-0.1, -0.05) is 6.07 Å². The predicted molar refractivity (Wildman–Crippen MR) is 69.9 cm³/mol. The highest BCUT2D eigenvalue weighted by atomic mass is 19.2. The second-order valence-corrected chi connectivity index (χ2v) is 3.90. The van der Waals surface area contributed by atoms with Gasteiger partial charge in [0.05, 0.1) is 0 Å². The molecule has 0 amide bonds. The maximum atomic E-state index is 13.0. The van der Waals surface area contributed by atoms with Crippen molar-refractivity contribution in [1.82, 2.24) is 9.97 Å². The van der Waals surface area contributed by atoms with Crippen LogP contribution in [0.1, 0.15) is 12.5 Å². The molecule has 2 rings (SSSR count). The lowest BCUT2D eigenvalue weighted by atomic mass is 10.2. The maximum Gasteiger partial charge on any atom is 0.224 e. The van der Waals surface area contributed by atoms with Gasteiger partial charge in [0.25, 0.3) is 0 Å². The molecule has 0 atom stereocenters. The Kier molecular flexibility index (Phi) is 4.22. The highest BCUT2D eigenvalue weighted by Gasteiger charge is 2.03. The first kappa shape index (κ1) is 13.2. The molecule has 0 fully saturated rings. The van der Waals surface area contributed by atoms with Crippen molar-refractivity contribution in [3.63, 3.8) is 0 Å². The van der Waals surface area contributed by atoms with Gasteiger partial charge in [0.15, 0.2) is 11.6 Å². The van der Waals surface area contributed by atoms with Crippen molar-refractivity contribution in [2.45, 2.75) is 13.5 Å². The number of anilines is 2. The van der Waals surface area contributed by atoms with E-state index in [1.165, 1.54) is 6.07 Å². The van der Waals surface area contributed by atoms with Crippen LogP contribution < -0.4 is 10.6 Å². The monoisotopic (exact) mass is 264 g/mol. The highest BCUT2D eigenvalue weighted by Crippen LogP contribution is 2.11. The summed E-state index contributed by atoms with van der Waals surface area (Å²) in [6.07, 6.45) is 1.62. The topological polar surface area (TPSA) is 49.8 Å². The summed E-state index contributed by atoms with van der Waals surface area (Å²) >= 11 is 0. The third-order valence-electron chi connectivity index (χ3n) is 2.45. The molecule has 0 bridgehead atoms. The van der Waals surface area contributed by atoms with Crippen LogP contribution in [0.4, 0.5) is 20.5 Å². The Bertz CT molecular complexity index is 560. The standard InChI is InChI=1S/C13H14F2N4/c1-2-16-13-17-6-5-12(19-13)18-8-9-3-4-10(14)11(15)7-9/h3-7H,2,8H2,1H3,(H2,16,17,18,19). The maximum absolute atomic E-state index is 13.0. The predicted octanol–water partition coefficient (Wildman–Crippen LogP) is 2.80. The van der Waals surface area contributed by atoms with Crippen LogP contribution in [-0.4, -0.2) is 16.5 Å². The van der Waals surface area contributed by atoms with Crippen LogP contribution in [0.25, 0.3) is 0 Å². The normalized spacial score (nSPS) is 10.3. The van der Waals surface area contributed by atoms with Crippen molar-refractivity contribution in [3.05, 3.63) is 47.7 Å². The van der Waals surface area contributed by atoms with Gasteiger partial charge in [0, 0.05) is 19.3 Å². The van der Waals surface area contributed by atoms with E-state index in [1.54, 1.807) is 12.3 Å². The Morgan fingerprint density at radius 1 is 1.11 bits per heavy atom. The molecular weight excluding hydrogens is 250 g/mol. The van der Waals surface area contributed by atoms with E-state index in [9.17, 15) is 8.78 Å². The summed E-state index contributed by atoms with van der Waals surface area (Å²) in [6, 6.07) is 5.50. The van der Waals surface area contributed by atoms with Crippen molar-refractivity contribution >= 4 is 11.8 Å². The molecule has 2 N–H and O–H groups in total. The molecule has 0 aliphatic carbocycles. The fourth-order valence-electron chi connectivity index (χ4n) is 1.54. The first-order valence-electron chi connectivity index (χ1n) is 5.93. The molecule has 0 saturated heterocycles. The number of hydrogen-bond donors (Lipinski definition) is 2. The van der Waals surface area contributed by atoms with Gasteiger partial charge in [-0.2, -0.15) is 4.98 Å². The molecule has 0 saturated carbocycles. The minimum absolute atomic E-state index is 0.361. The van der Waals surface area contributed by atoms with Crippen molar-refractivity contribution in [1.29, 1.82) is 0 Å². The quantitative estimate of drug-likeness (QED) is 0.872. The fourth-order valence-corrected chi connectivity index (χ4v) is 1.54. The van der Waals surface area contributed by atoms with Crippen LogP contribution in [0.3, 0.4) is 0 Å². The summed E-state index contributed by atoms with van der Waals surface area (Å²) in [5.41, 5.74) is 0.641. The third kappa shape index (κ3) is 3.61. The number of hydrogen-bond acceptors (Lipinski definition) is 4. The second-order valence-electron chi connectivity index (χ2n) is 3.90. The van der Waals surface area contributed by atoms with Gasteiger partial charge in [0.1, 0.15) is 5.82 Å². The van der Waals surface area contributed by atoms with Gasteiger partial charge in [0.2, 0.25) is 5.95 Å². The van der Waals surface area contributed by atoms with Crippen molar-refractivity contribution in [2.24, 2.45) is 0 Å². The highest BCUT2D eigenvalue weighted by molar-refractivity contribution is 5.40. The average Bonchev–Trinajstić information content (AvgIpc) is 2.41. The minimum Gasteiger partial charge on any atom is -0.366 e. The zero-order chi connectivity index (χ0) is 13.7. The number of nitrogens with zero attached hydrogens (tertiary/aromatic N) is 2. The van der Waals surface area contributed by atoms with Crippen molar-refractivity contribution in [2.75, 3.05) is 17.2 Å². The SMILES string of the molecule is CCNc1nccc(NCc2ccc(F)c(F)c2)n1. The molecule has 0 radical (unpaired) electrons. The van der Waals surface area contributed by atoms with E-state index in [2.05, 4.69) is 20.6 Å². The number of aromatic nitrogens is 2. The van der Waals surface area contributed by atoms with Gasteiger partial charge >= 0.3 is 0 Å². The second kappa shape index (κ2) is 6.08. The van der Waals surface area contributed by atoms with Gasteiger partial charge in [-0.25, -0.2) is 13.8 Å². The van der Waals surface area contributed by atoms with Gasteiger partial charge < -0.3 is 10.6 Å². The van der Waals surface area contributed by atoms with Crippen LogP contribution >= 0.6 is 0 Å². The molecule has 100 valence electrons. The van der Waals surface area contributed by atoms with Crippen LogP contribution in [0.5, 0.6) is 0 Å². The Morgan fingerprint density at radius 3 is 2.68 bits per heavy atom. The van der Waals surface area contributed by atoms with Crippen LogP contribution in [0, 0.1) is 11.6 Å². The van der Waals surface area contributed by atoms with Crippen LogP contribution in [0.15, 0.2) is 30.5 Å². The zero-order valence-corrected chi connectivity index (χ0v) is 10.5. The average molecular weight is 264 g/mol. The first-order valence-corrected chi connectivity index (χ1v) is 5.93. The van der Waals surface area contributed by atoms with Crippen LogP contribution in [-0.2, 0) is 6.54 Å². The molecular formula is C13H14F2N4. The van der Waals surface area contributed by atoms with Crippen LogP contribution in [0.2, 0.25) is 0 Å². The Morgan fingerprint density at radius 2 is 1.95 bits per heavy atom. The van der Waals surface area contributed by atoms with E-state index < -0.39 is 11.6 Å². The summed E-state index contributed by atoms with van der Waals surface area (Å²) in [6.45, 7) is 3.04. The molecule has 1 heterocycles. The lowest BCUT2D eigenvalue weighted by Crippen LogP contribution is -2.06. The third-order valence-corrected chi connectivity index (χ3v) is 2.45. The van der Waals surface area contributed by atoms with Gasteiger partial charge in [-0.05, 0) is 30.7 Å². The molecule has 0 spiro atoms. The molecule has 0 unspecified atom stereocenters. The van der Waals surface area contributed by atoms with Gasteiger partial charge in [-0.3, -0.25) is 0 Å². The molecule has 0 aliphatic heterocycles. The smallest absolute Gasteiger partial charge is 0.224 e. The summed E-state index contributed by atoms with van der Waals surface area (Å²) in [5.74, 6) is -0.552. The molecule has 4 nitrogen and oxygen atoms in total. The number of benzene rings is 1. The van der Waals surface area contributed by atoms with E-state index in [4.69, 9.17) is 0 Å². The van der Waals surface area contributed by atoms with Gasteiger partial charge in [-0.15, -0.1) is 0 Å². The Hall–Kier alpha value is -2.24. The van der Waals surface area contributed by atoms with Crippen molar-refractivity contribution < 1.29 is 8.78 Å². The fraction of sp³-hybridized carbons (Fsp3) is 0.231. The summed E-state index contributed by atoms with van der Waals surface area (Å²) in [7, 11) is 0. The van der Waals surface area contributed by atoms with E-state index in [1.807, 2.05) is 6.92 Å². The summed E-state index contributed by atoms with van der Waals surface area (Å²) < 4.78 is 25.8. The Balaban J connectivity index is 2.01. The molecule has 1 aromatic carbocycles. The number of nitrogens with one attached hydrogen (secondary N) is 2. The molecule has 1 aromatic heterocycles.